The van der Waals surface area contributed by atoms with Crippen LogP contribution in [-0.4, -0.2) is 59.4 Å². The Morgan fingerprint density at radius 3 is 2.33 bits per heavy atom. The van der Waals surface area contributed by atoms with Gasteiger partial charge in [-0.2, -0.15) is 0 Å². The van der Waals surface area contributed by atoms with E-state index in [9.17, 15) is 14.4 Å². The normalized spacial score (nSPS) is 14.8. The molecule has 10 heteroatoms. The molecule has 1 aliphatic rings. The molecule has 2 aromatic carbocycles. The van der Waals surface area contributed by atoms with Crippen molar-refractivity contribution in [1.82, 2.24) is 10.6 Å². The van der Waals surface area contributed by atoms with Crippen molar-refractivity contribution in [2.24, 2.45) is 5.92 Å². The molecule has 212 valence electrons. The van der Waals surface area contributed by atoms with Gasteiger partial charge in [-0.3, -0.25) is 14.4 Å². The second-order valence-electron chi connectivity index (χ2n) is 9.75. The first-order valence-electron chi connectivity index (χ1n) is 13.0. The molecule has 0 radical (unpaired) electrons. The molecule has 0 heterocycles. The van der Waals surface area contributed by atoms with Crippen LogP contribution >= 0.6 is 0 Å². The molecule has 0 aliphatic heterocycles. The molecule has 0 aromatic heterocycles. The number of ether oxygens (including phenoxy) is 4. The highest BCUT2D eigenvalue weighted by Gasteiger charge is 2.30. The maximum absolute atomic E-state index is 13.6. The number of fused-ring (bicyclic) bond motifs is 3. The monoisotopic (exact) mass is 541 g/mol. The van der Waals surface area contributed by atoms with Crippen molar-refractivity contribution >= 4 is 17.5 Å². The highest BCUT2D eigenvalue weighted by atomic mass is 16.5. The van der Waals surface area contributed by atoms with E-state index < -0.39 is 12.1 Å². The number of anilines is 1. The summed E-state index contributed by atoms with van der Waals surface area (Å²) >= 11 is 0. The van der Waals surface area contributed by atoms with Gasteiger partial charge in [0, 0.05) is 26.1 Å². The molecule has 0 spiro atoms. The molecular weight excluding hydrogens is 502 g/mol. The van der Waals surface area contributed by atoms with Crippen LogP contribution in [-0.2, 0) is 20.7 Å². The third-order valence-electron chi connectivity index (χ3n) is 6.78. The van der Waals surface area contributed by atoms with Gasteiger partial charge in [0.15, 0.2) is 11.5 Å². The Balaban J connectivity index is 2.22. The first-order valence-corrected chi connectivity index (χ1v) is 13.0. The van der Waals surface area contributed by atoms with E-state index in [1.165, 1.54) is 20.1 Å². The SMILES string of the molecule is COCCNC(=O)C(Nc1ccc2c(cc1=O)C(NC(C)=O)CCc1cc(OC)c(OC)c(OC)c1-2)C(C)C. The van der Waals surface area contributed by atoms with Crippen LogP contribution in [0, 0.1) is 5.92 Å². The van der Waals surface area contributed by atoms with E-state index in [0.29, 0.717) is 48.8 Å². The molecular formula is C29H39N3O7. The molecule has 0 saturated carbocycles. The van der Waals surface area contributed by atoms with Crippen LogP contribution in [0.5, 0.6) is 17.2 Å². The van der Waals surface area contributed by atoms with E-state index in [4.69, 9.17) is 18.9 Å². The summed E-state index contributed by atoms with van der Waals surface area (Å²) in [6, 6.07) is 5.87. The van der Waals surface area contributed by atoms with Crippen LogP contribution in [0.15, 0.2) is 29.1 Å². The van der Waals surface area contributed by atoms with Gasteiger partial charge in [-0.25, -0.2) is 0 Å². The van der Waals surface area contributed by atoms with Crippen molar-refractivity contribution in [3.8, 4) is 28.4 Å². The minimum Gasteiger partial charge on any atom is -0.493 e. The smallest absolute Gasteiger partial charge is 0.242 e. The number of aryl methyl sites for hydroxylation is 1. The van der Waals surface area contributed by atoms with Gasteiger partial charge in [-0.15, -0.1) is 0 Å². The predicted octanol–water partition coefficient (Wildman–Crippen LogP) is 3.06. The Morgan fingerprint density at radius 2 is 1.74 bits per heavy atom. The summed E-state index contributed by atoms with van der Waals surface area (Å²) in [7, 11) is 6.22. The summed E-state index contributed by atoms with van der Waals surface area (Å²) in [4.78, 5) is 38.6. The summed E-state index contributed by atoms with van der Waals surface area (Å²) in [5.41, 5.74) is 3.03. The summed E-state index contributed by atoms with van der Waals surface area (Å²) in [5.74, 6) is 0.905. The van der Waals surface area contributed by atoms with Crippen molar-refractivity contribution in [1.29, 1.82) is 0 Å². The lowest BCUT2D eigenvalue weighted by Crippen LogP contribution is -2.44. The van der Waals surface area contributed by atoms with Crippen molar-refractivity contribution in [2.45, 2.75) is 45.7 Å². The van der Waals surface area contributed by atoms with Crippen molar-refractivity contribution < 1.29 is 28.5 Å². The Morgan fingerprint density at radius 1 is 1.03 bits per heavy atom. The zero-order chi connectivity index (χ0) is 28.7. The summed E-state index contributed by atoms with van der Waals surface area (Å²) in [6.45, 7) is 6.01. The minimum atomic E-state index is -0.644. The lowest BCUT2D eigenvalue weighted by atomic mass is 9.95. The van der Waals surface area contributed by atoms with Gasteiger partial charge in [0.25, 0.3) is 0 Å². The highest BCUT2D eigenvalue weighted by molar-refractivity contribution is 5.86. The van der Waals surface area contributed by atoms with Gasteiger partial charge >= 0.3 is 0 Å². The molecule has 39 heavy (non-hydrogen) atoms. The van der Waals surface area contributed by atoms with Crippen LogP contribution in [0.4, 0.5) is 5.69 Å². The Kier molecular flexibility index (Phi) is 10.2. The molecule has 2 amide bonds. The zero-order valence-corrected chi connectivity index (χ0v) is 23.7. The predicted molar refractivity (Wildman–Crippen MR) is 150 cm³/mol. The van der Waals surface area contributed by atoms with Crippen molar-refractivity contribution in [2.75, 3.05) is 46.9 Å². The molecule has 2 unspecified atom stereocenters. The lowest BCUT2D eigenvalue weighted by molar-refractivity contribution is -0.123. The molecule has 2 atom stereocenters. The average molecular weight is 542 g/mol. The van der Waals surface area contributed by atoms with E-state index in [0.717, 1.165) is 16.7 Å². The topological polar surface area (TPSA) is 124 Å². The maximum atomic E-state index is 13.6. The molecule has 1 aliphatic carbocycles. The standard InChI is InChI=1S/C29H39N3O7/c1-16(2)26(29(35)30-12-13-36-4)32-22-11-9-19-20(15-23(22)34)21(31-17(3)33)10-8-18-14-24(37-5)27(38-6)28(39-7)25(18)19/h9,11,14-16,21,26H,8,10,12-13H2,1-7H3,(H,30,35)(H,31,33)(H,32,34). The number of methoxy groups -OCH3 is 4. The molecule has 0 bridgehead atoms. The number of amides is 2. The van der Waals surface area contributed by atoms with E-state index in [2.05, 4.69) is 16.0 Å². The third kappa shape index (κ3) is 6.62. The van der Waals surface area contributed by atoms with Crippen LogP contribution in [0.1, 0.15) is 44.4 Å². The van der Waals surface area contributed by atoms with Gasteiger partial charge in [0.05, 0.1) is 39.7 Å². The Hall–Kier alpha value is -3.79. The van der Waals surface area contributed by atoms with Gasteiger partial charge in [-0.05, 0) is 53.6 Å². The fourth-order valence-corrected chi connectivity index (χ4v) is 4.92. The fraction of sp³-hybridized carbons (Fsp3) is 0.483. The van der Waals surface area contributed by atoms with Gasteiger partial charge < -0.3 is 34.9 Å². The minimum absolute atomic E-state index is 0.0973. The number of nitrogens with one attached hydrogen (secondary N) is 3. The molecule has 0 saturated heterocycles. The first kappa shape index (κ1) is 29.8. The van der Waals surface area contributed by atoms with Crippen LogP contribution < -0.4 is 35.6 Å². The largest absolute Gasteiger partial charge is 0.493 e. The first-order chi connectivity index (χ1) is 18.7. The number of hydrogen-bond donors (Lipinski definition) is 3. The molecule has 10 nitrogen and oxygen atoms in total. The van der Waals surface area contributed by atoms with Crippen molar-refractivity contribution in [3.63, 3.8) is 0 Å². The fourth-order valence-electron chi connectivity index (χ4n) is 4.92. The van der Waals surface area contributed by atoms with Crippen LogP contribution in [0.25, 0.3) is 11.1 Å². The van der Waals surface area contributed by atoms with E-state index >= 15 is 0 Å². The number of benzene rings is 1. The van der Waals surface area contributed by atoms with Crippen LogP contribution in [0.2, 0.25) is 0 Å². The molecule has 3 N–H and O–H groups in total. The lowest BCUT2D eigenvalue weighted by Gasteiger charge is -2.22. The van der Waals surface area contributed by atoms with E-state index in [1.54, 1.807) is 27.4 Å². The Bertz CT molecular complexity index is 1260. The molecule has 2 aromatic rings. The van der Waals surface area contributed by atoms with Crippen molar-refractivity contribution in [3.05, 3.63) is 45.6 Å². The maximum Gasteiger partial charge on any atom is 0.242 e. The Labute approximate surface area is 229 Å². The summed E-state index contributed by atoms with van der Waals surface area (Å²) in [5, 5.41) is 8.99. The second kappa shape index (κ2) is 13.3. The second-order valence-corrected chi connectivity index (χ2v) is 9.75. The zero-order valence-electron chi connectivity index (χ0n) is 23.7. The van der Waals surface area contributed by atoms with Gasteiger partial charge in [-0.1, -0.05) is 19.9 Å². The molecule has 0 fully saturated rings. The number of rotatable bonds is 11. The number of hydrogen-bond acceptors (Lipinski definition) is 8. The number of carbonyl (C=O) groups excluding carboxylic acids is 2. The number of carbonyl (C=O) groups is 2. The molecule has 3 rings (SSSR count). The van der Waals surface area contributed by atoms with E-state index in [1.807, 2.05) is 26.0 Å². The van der Waals surface area contributed by atoms with E-state index in [-0.39, 0.29) is 28.8 Å². The van der Waals surface area contributed by atoms with Gasteiger partial charge in [0.2, 0.25) is 23.0 Å². The third-order valence-corrected chi connectivity index (χ3v) is 6.78. The van der Waals surface area contributed by atoms with Gasteiger partial charge in [0.1, 0.15) is 6.04 Å². The highest BCUT2D eigenvalue weighted by Crippen LogP contribution is 2.50. The van der Waals surface area contributed by atoms with Crippen LogP contribution in [0.3, 0.4) is 0 Å². The quantitative estimate of drug-likeness (QED) is 0.371. The average Bonchev–Trinajstić information content (AvgIpc) is 3.14. The summed E-state index contributed by atoms with van der Waals surface area (Å²) < 4.78 is 22.1. The summed E-state index contributed by atoms with van der Waals surface area (Å²) in [6.07, 6.45) is 1.16.